The predicted molar refractivity (Wildman–Crippen MR) is 157 cm³/mol. The Bertz CT molecular complexity index is 1700. The molecule has 0 fully saturated rings. The lowest BCUT2D eigenvalue weighted by Crippen LogP contribution is -2.39. The van der Waals surface area contributed by atoms with E-state index in [-0.39, 0.29) is 12.0 Å². The van der Waals surface area contributed by atoms with Gasteiger partial charge in [0.15, 0.2) is 23.7 Å². The first-order valence-corrected chi connectivity index (χ1v) is 13.3. The van der Waals surface area contributed by atoms with Gasteiger partial charge < -0.3 is 40.0 Å². The van der Waals surface area contributed by atoms with E-state index in [1.165, 1.54) is 13.2 Å². The van der Waals surface area contributed by atoms with E-state index in [0.717, 1.165) is 12.1 Å². The maximum Gasteiger partial charge on any atom is 0.417 e. The summed E-state index contributed by atoms with van der Waals surface area (Å²) >= 11 is 5.63. The number of halogens is 4. The fraction of sp³-hybridized carbons (Fsp3) is 0.200. The first-order chi connectivity index (χ1) is 21.6. The van der Waals surface area contributed by atoms with Crippen LogP contribution in [0.15, 0.2) is 66.9 Å². The molecule has 5 N–H and O–H groups in total. The number of hydrogen-bond acceptors (Lipinski definition) is 9. The molecule has 0 aliphatic heterocycles. The van der Waals surface area contributed by atoms with Crippen LogP contribution in [0.25, 0.3) is 10.9 Å². The van der Waals surface area contributed by atoms with Crippen molar-refractivity contribution >= 4 is 46.0 Å². The van der Waals surface area contributed by atoms with Crippen molar-refractivity contribution in [2.45, 2.75) is 24.8 Å². The number of aliphatic hydroxyl groups is 2. The molecule has 0 saturated heterocycles. The molecule has 1 amide bonds. The van der Waals surface area contributed by atoms with Gasteiger partial charge in [-0.3, -0.25) is 9.78 Å². The van der Waals surface area contributed by atoms with Gasteiger partial charge in [-0.05, 0) is 54.1 Å². The summed E-state index contributed by atoms with van der Waals surface area (Å²) in [7, 11) is 3.08. The van der Waals surface area contributed by atoms with Gasteiger partial charge in [0.05, 0.1) is 36.7 Å². The summed E-state index contributed by atoms with van der Waals surface area (Å²) in [5.41, 5.74) is 0.338. The van der Waals surface area contributed by atoms with Gasteiger partial charge in [-0.2, -0.15) is 13.2 Å². The van der Waals surface area contributed by atoms with Crippen molar-refractivity contribution < 1.29 is 62.2 Å². The monoisotopic (exact) mass is 666 g/mol. The normalized spacial score (nSPS) is 12.3. The van der Waals surface area contributed by atoms with Crippen molar-refractivity contribution in [3.8, 4) is 23.0 Å². The average molecular weight is 667 g/mol. The van der Waals surface area contributed by atoms with E-state index >= 15 is 0 Å². The molecule has 1 heterocycles. The number of nitrogens with one attached hydrogen (secondary N) is 1. The van der Waals surface area contributed by atoms with Gasteiger partial charge in [0.25, 0.3) is 0 Å². The third-order valence-corrected chi connectivity index (χ3v) is 6.41. The number of ether oxygens (including phenoxy) is 3. The number of carbonyl (C=O) groups is 3. The number of hydrogen-bond donors (Lipinski definition) is 5. The van der Waals surface area contributed by atoms with Crippen LogP contribution in [-0.2, 0) is 27.0 Å². The molecule has 0 aliphatic rings. The van der Waals surface area contributed by atoms with Gasteiger partial charge in [0.2, 0.25) is 5.91 Å². The Balaban J connectivity index is 0.000000498. The molecule has 0 unspecified atom stereocenters. The van der Waals surface area contributed by atoms with E-state index in [1.54, 1.807) is 55.8 Å². The molecule has 0 aliphatic carbocycles. The van der Waals surface area contributed by atoms with Crippen LogP contribution in [0.1, 0.15) is 11.1 Å². The number of rotatable bonds is 10. The number of carbonyl (C=O) groups excluding carboxylic acids is 1. The molecule has 16 heteroatoms. The van der Waals surface area contributed by atoms with Crippen LogP contribution in [-0.4, -0.2) is 69.7 Å². The van der Waals surface area contributed by atoms with Gasteiger partial charge in [-0.15, -0.1) is 0 Å². The molecule has 4 aromatic rings. The Hall–Kier alpha value is -5.12. The highest BCUT2D eigenvalue weighted by molar-refractivity contribution is 6.31. The molecule has 12 nitrogen and oxygen atoms in total. The highest BCUT2D eigenvalue weighted by Crippen LogP contribution is 2.37. The Morgan fingerprint density at radius 1 is 0.870 bits per heavy atom. The number of aromatic nitrogens is 1. The minimum atomic E-state index is -4.60. The zero-order valence-corrected chi connectivity index (χ0v) is 24.7. The number of aliphatic hydroxyl groups excluding tert-OH is 2. The number of anilines is 1. The minimum Gasteiger partial charge on any atom is -0.493 e. The molecule has 3 aromatic carbocycles. The Kier molecular flexibility index (Phi) is 11.7. The lowest BCUT2D eigenvalue weighted by Gasteiger charge is -2.13. The van der Waals surface area contributed by atoms with Crippen LogP contribution in [0.4, 0.5) is 18.9 Å². The molecule has 46 heavy (non-hydrogen) atoms. The van der Waals surface area contributed by atoms with E-state index in [2.05, 4.69) is 10.3 Å². The van der Waals surface area contributed by atoms with Crippen molar-refractivity contribution in [3.05, 3.63) is 83.0 Å². The van der Waals surface area contributed by atoms with E-state index in [9.17, 15) is 27.6 Å². The molecule has 4 rings (SSSR count). The van der Waals surface area contributed by atoms with Crippen LogP contribution in [0.5, 0.6) is 23.0 Å². The highest BCUT2D eigenvalue weighted by Gasteiger charge is 2.33. The van der Waals surface area contributed by atoms with Gasteiger partial charge >= 0.3 is 18.1 Å². The summed E-state index contributed by atoms with van der Waals surface area (Å²) in [6.45, 7) is 0. The van der Waals surface area contributed by atoms with Gasteiger partial charge in [0, 0.05) is 23.3 Å². The second-order valence-corrected chi connectivity index (χ2v) is 9.67. The molecule has 0 saturated carbocycles. The lowest BCUT2D eigenvalue weighted by atomic mass is 10.1. The fourth-order valence-corrected chi connectivity index (χ4v) is 4.05. The third-order valence-electron chi connectivity index (χ3n) is 6.08. The van der Waals surface area contributed by atoms with Crippen LogP contribution in [0, 0.1) is 0 Å². The van der Waals surface area contributed by atoms with Gasteiger partial charge in [-0.25, -0.2) is 9.59 Å². The second kappa shape index (κ2) is 15.2. The summed E-state index contributed by atoms with van der Waals surface area (Å²) in [6.07, 6.45) is -7.77. The van der Waals surface area contributed by atoms with Crippen molar-refractivity contribution in [2.75, 3.05) is 19.5 Å². The number of methoxy groups -OCH3 is 2. The Morgan fingerprint density at radius 3 is 2.00 bits per heavy atom. The first-order valence-electron chi connectivity index (χ1n) is 12.9. The number of fused-ring (bicyclic) bond motifs is 1. The molecular formula is C30H26ClF3N2O10. The van der Waals surface area contributed by atoms with E-state index in [1.807, 2.05) is 0 Å². The number of carboxylic acids is 2. The number of amides is 1. The smallest absolute Gasteiger partial charge is 0.417 e. The number of aliphatic carboxylic acids is 2. The summed E-state index contributed by atoms with van der Waals surface area (Å²) < 4.78 is 55.8. The topological polar surface area (TPSA) is 185 Å². The predicted octanol–water partition coefficient (Wildman–Crippen LogP) is 4.78. The summed E-state index contributed by atoms with van der Waals surface area (Å²) in [6, 6.07) is 15.2. The van der Waals surface area contributed by atoms with E-state index in [0.29, 0.717) is 39.6 Å². The maximum atomic E-state index is 13.1. The summed E-state index contributed by atoms with van der Waals surface area (Å²) in [4.78, 5) is 36.3. The van der Waals surface area contributed by atoms with Crippen LogP contribution < -0.4 is 19.5 Å². The minimum absolute atomic E-state index is 0.195. The molecule has 0 radical (unpaired) electrons. The van der Waals surface area contributed by atoms with Crippen LogP contribution >= 0.6 is 11.6 Å². The van der Waals surface area contributed by atoms with Crippen molar-refractivity contribution in [1.82, 2.24) is 4.98 Å². The summed E-state index contributed by atoms with van der Waals surface area (Å²) in [5.74, 6) is -1.89. The molecule has 1 aromatic heterocycles. The van der Waals surface area contributed by atoms with Gasteiger partial charge in [-0.1, -0.05) is 17.7 Å². The fourth-order valence-electron chi connectivity index (χ4n) is 3.83. The molecular weight excluding hydrogens is 641 g/mol. The van der Waals surface area contributed by atoms with E-state index < -0.39 is 46.8 Å². The zero-order valence-electron chi connectivity index (χ0n) is 23.9. The standard InChI is InChI=1S/C26H20ClF3N2O4.C4H6O6/c1-34-23-13-18-21(14-24(23)35-2)31-10-9-22(18)36-17-6-4-16(5-7-17)32-25(33)12-15-3-8-20(27)19(11-15)26(28,29)30;5-1(3(7)8)2(6)4(9)10/h3-11,13-14H,12H2,1-2H3,(H,32,33);1-2,5-6H,(H,7,8)(H,9,10)/t;1-,2-/m.0/s1. The largest absolute Gasteiger partial charge is 0.493 e. The first kappa shape index (κ1) is 35.4. The van der Waals surface area contributed by atoms with Gasteiger partial charge in [0.1, 0.15) is 11.5 Å². The van der Waals surface area contributed by atoms with Crippen LogP contribution in [0.2, 0.25) is 5.02 Å². The maximum absolute atomic E-state index is 13.1. The molecule has 2 atom stereocenters. The number of carboxylic acid groups (broad SMARTS) is 2. The van der Waals surface area contributed by atoms with Crippen LogP contribution in [0.3, 0.4) is 0 Å². The van der Waals surface area contributed by atoms with Crippen molar-refractivity contribution in [1.29, 1.82) is 0 Å². The number of alkyl halides is 3. The second-order valence-electron chi connectivity index (χ2n) is 9.26. The van der Waals surface area contributed by atoms with E-state index in [4.69, 9.17) is 46.2 Å². The Morgan fingerprint density at radius 2 is 1.46 bits per heavy atom. The Labute approximate surface area is 263 Å². The molecule has 244 valence electrons. The number of pyridine rings is 1. The number of benzene rings is 3. The van der Waals surface area contributed by atoms with Crippen molar-refractivity contribution in [2.24, 2.45) is 0 Å². The average Bonchev–Trinajstić information content (AvgIpc) is 3.01. The highest BCUT2D eigenvalue weighted by atomic mass is 35.5. The summed E-state index contributed by atoms with van der Waals surface area (Å²) in [5, 5.41) is 35.5. The zero-order chi connectivity index (χ0) is 34.2. The number of nitrogens with zero attached hydrogens (tertiary/aromatic N) is 1. The third kappa shape index (κ3) is 9.20. The quantitative estimate of drug-likeness (QED) is 0.157. The van der Waals surface area contributed by atoms with Crippen molar-refractivity contribution in [3.63, 3.8) is 0 Å². The SMILES string of the molecule is COc1cc2nccc(Oc3ccc(NC(=O)Cc4ccc(Cl)c(C(F)(F)F)c4)cc3)c2cc1OC.O=C(O)[C@@H](O)[C@H](O)C(=O)O. The molecule has 0 bridgehead atoms. The lowest BCUT2D eigenvalue weighted by molar-refractivity contribution is -0.165. The molecule has 0 spiro atoms.